The van der Waals surface area contributed by atoms with Crippen molar-refractivity contribution in [2.24, 2.45) is 0 Å². The van der Waals surface area contributed by atoms with Crippen molar-refractivity contribution in [3.8, 4) is 12.3 Å². The monoisotopic (exact) mass is 112 g/mol. The summed E-state index contributed by atoms with van der Waals surface area (Å²) in [6.45, 7) is 2.03. The number of aliphatic hydroxyl groups is 1. The number of rotatable bonds is 3. The topological polar surface area (TPSA) is 20.2 Å². The van der Waals surface area contributed by atoms with Crippen molar-refractivity contribution in [1.29, 1.82) is 0 Å². The summed E-state index contributed by atoms with van der Waals surface area (Å²) in [5, 5.41) is 8.91. The quantitative estimate of drug-likeness (QED) is 0.543. The van der Waals surface area contributed by atoms with E-state index in [1.54, 1.807) is 0 Å². The minimum atomic E-state index is -0.273. The zero-order chi connectivity index (χ0) is 6.41. The lowest BCUT2D eigenvalue weighted by Gasteiger charge is -2.01. The van der Waals surface area contributed by atoms with Gasteiger partial charge in [0.1, 0.15) is 0 Å². The Bertz CT molecular complexity index is 80.9. The number of terminal acetylenes is 1. The third-order valence-corrected chi connectivity index (χ3v) is 0.975. The van der Waals surface area contributed by atoms with Gasteiger partial charge in [-0.2, -0.15) is 0 Å². The van der Waals surface area contributed by atoms with E-state index in [2.05, 4.69) is 5.92 Å². The molecule has 0 aromatic carbocycles. The average molecular weight is 112 g/mol. The van der Waals surface area contributed by atoms with E-state index in [1.165, 1.54) is 0 Å². The van der Waals surface area contributed by atoms with E-state index >= 15 is 0 Å². The number of hydrogen-bond acceptors (Lipinski definition) is 1. The summed E-state index contributed by atoms with van der Waals surface area (Å²) in [5.41, 5.74) is 0. The number of aliphatic hydroxyl groups excluding tert-OH is 1. The molecule has 0 bridgehead atoms. The molecule has 0 amide bonds. The van der Waals surface area contributed by atoms with Gasteiger partial charge in [0.05, 0.1) is 6.10 Å². The fourth-order valence-corrected chi connectivity index (χ4v) is 0.571. The van der Waals surface area contributed by atoms with E-state index in [1.807, 2.05) is 6.92 Å². The molecule has 1 heteroatoms. The summed E-state index contributed by atoms with van der Waals surface area (Å²) in [6.07, 6.45) is 7.00. The molecule has 0 aliphatic carbocycles. The molecular weight excluding hydrogens is 100 g/mol. The van der Waals surface area contributed by atoms with Gasteiger partial charge < -0.3 is 5.11 Å². The highest BCUT2D eigenvalue weighted by molar-refractivity contribution is 4.86. The molecule has 0 fully saturated rings. The Labute approximate surface area is 50.7 Å². The second-order valence-corrected chi connectivity index (χ2v) is 1.85. The molecule has 0 aromatic heterocycles. The lowest BCUT2D eigenvalue weighted by Crippen LogP contribution is -2.02. The highest BCUT2D eigenvalue weighted by atomic mass is 16.3. The molecule has 1 atom stereocenters. The normalized spacial score (nSPS) is 12.6. The van der Waals surface area contributed by atoms with Crippen LogP contribution in [0.3, 0.4) is 0 Å². The van der Waals surface area contributed by atoms with E-state index in [4.69, 9.17) is 11.5 Å². The minimum absolute atomic E-state index is 0.273. The van der Waals surface area contributed by atoms with Gasteiger partial charge in [0.25, 0.3) is 0 Å². The van der Waals surface area contributed by atoms with Crippen LogP contribution in [0, 0.1) is 12.3 Å². The molecule has 0 unspecified atom stereocenters. The van der Waals surface area contributed by atoms with Crippen LogP contribution in [0.5, 0.6) is 0 Å². The zero-order valence-corrected chi connectivity index (χ0v) is 5.22. The van der Waals surface area contributed by atoms with Gasteiger partial charge in [0.2, 0.25) is 0 Å². The van der Waals surface area contributed by atoms with Crippen molar-refractivity contribution >= 4 is 0 Å². The van der Waals surface area contributed by atoms with Crippen molar-refractivity contribution in [3.63, 3.8) is 0 Å². The lowest BCUT2D eigenvalue weighted by molar-refractivity contribution is 0.169. The molecule has 1 nitrogen and oxygen atoms in total. The molecule has 46 valence electrons. The molecule has 8 heavy (non-hydrogen) atoms. The highest BCUT2D eigenvalue weighted by Gasteiger charge is 1.96. The Kier molecular flexibility index (Phi) is 4.39. The Hall–Kier alpha value is -0.480. The molecule has 0 radical (unpaired) electrons. The summed E-state index contributed by atoms with van der Waals surface area (Å²) in [5.74, 6) is 2.40. The van der Waals surface area contributed by atoms with Crippen molar-refractivity contribution in [3.05, 3.63) is 0 Å². The first-order valence-electron chi connectivity index (χ1n) is 2.92. The standard InChI is InChI=1S/C7H12O/c1-3-5-7(8)6-4-2/h1,7-8H,4-6H2,2H3/t7-/m0/s1. The summed E-state index contributed by atoms with van der Waals surface area (Å²) in [4.78, 5) is 0. The molecular formula is C7H12O. The van der Waals surface area contributed by atoms with Gasteiger partial charge in [-0.1, -0.05) is 13.3 Å². The first-order valence-corrected chi connectivity index (χ1v) is 2.92. The molecule has 0 aliphatic rings. The third kappa shape index (κ3) is 3.70. The van der Waals surface area contributed by atoms with Gasteiger partial charge in [0.15, 0.2) is 0 Å². The Morgan fingerprint density at radius 1 is 1.75 bits per heavy atom. The average Bonchev–Trinajstić information content (AvgIpc) is 1.68. The van der Waals surface area contributed by atoms with E-state index < -0.39 is 0 Å². The molecule has 0 rings (SSSR count). The smallest absolute Gasteiger partial charge is 0.0649 e. The maximum Gasteiger partial charge on any atom is 0.0649 e. The van der Waals surface area contributed by atoms with Crippen LogP contribution >= 0.6 is 0 Å². The minimum Gasteiger partial charge on any atom is -0.392 e. The molecule has 1 N–H and O–H groups in total. The van der Waals surface area contributed by atoms with Crippen molar-refractivity contribution in [2.45, 2.75) is 32.3 Å². The lowest BCUT2D eigenvalue weighted by atomic mass is 10.1. The van der Waals surface area contributed by atoms with Crippen molar-refractivity contribution < 1.29 is 5.11 Å². The van der Waals surface area contributed by atoms with Crippen LogP contribution in [0.15, 0.2) is 0 Å². The van der Waals surface area contributed by atoms with Crippen LogP contribution in [0.4, 0.5) is 0 Å². The molecule has 0 saturated carbocycles. The van der Waals surface area contributed by atoms with Crippen LogP contribution in [0.25, 0.3) is 0 Å². The molecule has 0 heterocycles. The Morgan fingerprint density at radius 2 is 2.38 bits per heavy atom. The van der Waals surface area contributed by atoms with Crippen LogP contribution in [-0.2, 0) is 0 Å². The Balaban J connectivity index is 3.08. The van der Waals surface area contributed by atoms with Gasteiger partial charge in [-0.05, 0) is 6.42 Å². The van der Waals surface area contributed by atoms with Gasteiger partial charge in [-0.15, -0.1) is 12.3 Å². The van der Waals surface area contributed by atoms with Crippen LogP contribution in [0.1, 0.15) is 26.2 Å². The fourth-order valence-electron chi connectivity index (χ4n) is 0.571. The number of hydrogen-bond donors (Lipinski definition) is 1. The third-order valence-electron chi connectivity index (χ3n) is 0.975. The predicted octanol–water partition coefficient (Wildman–Crippen LogP) is 1.17. The summed E-state index contributed by atoms with van der Waals surface area (Å²) < 4.78 is 0. The maximum absolute atomic E-state index is 8.91. The first kappa shape index (κ1) is 7.52. The second kappa shape index (κ2) is 4.67. The fraction of sp³-hybridized carbons (Fsp3) is 0.714. The molecule has 0 saturated heterocycles. The van der Waals surface area contributed by atoms with Crippen LogP contribution in [-0.4, -0.2) is 11.2 Å². The largest absolute Gasteiger partial charge is 0.392 e. The van der Waals surface area contributed by atoms with Crippen molar-refractivity contribution in [1.82, 2.24) is 0 Å². The van der Waals surface area contributed by atoms with Crippen molar-refractivity contribution in [2.75, 3.05) is 0 Å². The zero-order valence-electron chi connectivity index (χ0n) is 5.22. The van der Waals surface area contributed by atoms with Crippen LogP contribution < -0.4 is 0 Å². The van der Waals surface area contributed by atoms with E-state index in [-0.39, 0.29) is 6.10 Å². The molecule has 0 aliphatic heterocycles. The van der Waals surface area contributed by atoms with Gasteiger partial charge in [-0.3, -0.25) is 0 Å². The Morgan fingerprint density at radius 3 is 2.75 bits per heavy atom. The molecule has 0 spiro atoms. The SMILES string of the molecule is C#CC[C@H](O)CCC. The summed E-state index contributed by atoms with van der Waals surface area (Å²) in [7, 11) is 0. The predicted molar refractivity (Wildman–Crippen MR) is 34.4 cm³/mol. The second-order valence-electron chi connectivity index (χ2n) is 1.85. The maximum atomic E-state index is 8.91. The van der Waals surface area contributed by atoms with E-state index in [0.29, 0.717) is 6.42 Å². The summed E-state index contributed by atoms with van der Waals surface area (Å²) >= 11 is 0. The van der Waals surface area contributed by atoms with Gasteiger partial charge in [0, 0.05) is 6.42 Å². The van der Waals surface area contributed by atoms with Gasteiger partial charge in [-0.25, -0.2) is 0 Å². The first-order chi connectivity index (χ1) is 3.81. The summed E-state index contributed by atoms with van der Waals surface area (Å²) in [6, 6.07) is 0. The van der Waals surface area contributed by atoms with Crippen LogP contribution in [0.2, 0.25) is 0 Å². The van der Waals surface area contributed by atoms with E-state index in [9.17, 15) is 0 Å². The van der Waals surface area contributed by atoms with E-state index in [0.717, 1.165) is 12.8 Å². The van der Waals surface area contributed by atoms with Gasteiger partial charge >= 0.3 is 0 Å². The molecule has 0 aromatic rings. The highest BCUT2D eigenvalue weighted by Crippen LogP contribution is 1.98.